The van der Waals surface area contributed by atoms with Gasteiger partial charge in [0.05, 0.1) is 22.8 Å². The maximum atomic E-state index is 14.0. The molecule has 4 aliphatic rings. The molecule has 0 spiro atoms. The lowest BCUT2D eigenvalue weighted by Gasteiger charge is -2.47. The van der Waals surface area contributed by atoms with Crippen LogP contribution in [0.15, 0.2) is 48.0 Å². The number of allylic oxidation sites excluding steroid dienone is 2. The van der Waals surface area contributed by atoms with Crippen molar-refractivity contribution in [2.45, 2.75) is 50.7 Å². The first-order chi connectivity index (χ1) is 16.2. The highest BCUT2D eigenvalue weighted by Crippen LogP contribution is 2.41. The van der Waals surface area contributed by atoms with Gasteiger partial charge in [0, 0.05) is 30.3 Å². The number of piperidine rings is 2. The van der Waals surface area contributed by atoms with Crippen LogP contribution < -0.4 is 4.90 Å². The van der Waals surface area contributed by atoms with E-state index in [-0.39, 0.29) is 22.7 Å². The van der Waals surface area contributed by atoms with Gasteiger partial charge in [0.15, 0.2) is 11.6 Å². The Kier molecular flexibility index (Phi) is 5.55. The van der Waals surface area contributed by atoms with Crippen molar-refractivity contribution in [1.29, 1.82) is 5.26 Å². The highest BCUT2D eigenvalue weighted by atomic mass is 19.4. The normalized spacial score (nSPS) is 21.6. The lowest BCUT2D eigenvalue weighted by molar-refractivity contribution is -0.138. The zero-order valence-electron chi connectivity index (χ0n) is 18.5. The van der Waals surface area contributed by atoms with E-state index in [0.717, 1.165) is 38.3 Å². The number of ketones is 2. The molecule has 3 fully saturated rings. The van der Waals surface area contributed by atoms with Gasteiger partial charge in [0.25, 0.3) is 0 Å². The number of halogens is 3. The molecule has 2 bridgehead atoms. The highest BCUT2D eigenvalue weighted by molar-refractivity contribution is 6.27. The number of fused-ring (bicyclic) bond motifs is 4. The zero-order valence-corrected chi connectivity index (χ0v) is 18.5. The topological polar surface area (TPSA) is 61.2 Å². The second-order valence-corrected chi connectivity index (χ2v) is 9.40. The average molecular weight is 464 g/mol. The van der Waals surface area contributed by atoms with Crippen LogP contribution in [0.25, 0.3) is 0 Å². The van der Waals surface area contributed by atoms with Gasteiger partial charge in [-0.05, 0) is 73.4 Å². The largest absolute Gasteiger partial charge is 0.416 e. The first-order valence-electron chi connectivity index (χ1n) is 11.5. The van der Waals surface area contributed by atoms with Gasteiger partial charge in [-0.2, -0.15) is 18.4 Å². The van der Waals surface area contributed by atoms with Crippen molar-refractivity contribution in [2.75, 3.05) is 11.4 Å². The molecule has 6 rings (SSSR count). The van der Waals surface area contributed by atoms with Gasteiger partial charge in [-0.15, -0.1) is 0 Å². The summed E-state index contributed by atoms with van der Waals surface area (Å²) in [6.45, 7) is 0.770. The second kappa shape index (κ2) is 8.43. The Hall–Kier alpha value is -3.40. The predicted octanol–water partition coefficient (Wildman–Crippen LogP) is 5.43. The number of hydrogen-bond donors (Lipinski definition) is 0. The van der Waals surface area contributed by atoms with E-state index < -0.39 is 29.7 Å². The number of benzene rings is 2. The van der Waals surface area contributed by atoms with Gasteiger partial charge in [0.1, 0.15) is 0 Å². The van der Waals surface area contributed by atoms with Gasteiger partial charge in [-0.3, -0.25) is 9.59 Å². The number of alkyl halides is 3. The molecular formula is C27H23F3N2O2. The number of anilines is 1. The van der Waals surface area contributed by atoms with Crippen molar-refractivity contribution in [1.82, 2.24) is 0 Å². The van der Waals surface area contributed by atoms with Gasteiger partial charge < -0.3 is 4.90 Å². The van der Waals surface area contributed by atoms with Crippen molar-refractivity contribution in [3.63, 3.8) is 0 Å². The fraction of sp³-hybridized carbons (Fsp3) is 0.370. The summed E-state index contributed by atoms with van der Waals surface area (Å²) in [4.78, 5) is 28.0. The molecule has 0 N–H and O–H groups in total. The van der Waals surface area contributed by atoms with Crippen molar-refractivity contribution in [2.24, 2.45) is 5.92 Å². The quantitative estimate of drug-likeness (QED) is 0.566. The number of hydrogen-bond acceptors (Lipinski definition) is 4. The number of carbonyl (C=O) groups is 2. The molecule has 2 aromatic rings. The van der Waals surface area contributed by atoms with Crippen LogP contribution in [0.2, 0.25) is 0 Å². The molecule has 2 saturated heterocycles. The third-order valence-corrected chi connectivity index (χ3v) is 7.35. The molecular weight excluding hydrogens is 441 g/mol. The minimum absolute atomic E-state index is 0.117. The molecule has 0 amide bonds. The summed E-state index contributed by atoms with van der Waals surface area (Å²) in [6, 6.07) is 11.1. The molecule has 0 unspecified atom stereocenters. The minimum Gasteiger partial charge on any atom is -0.368 e. The molecule has 174 valence electrons. The molecule has 1 saturated carbocycles. The van der Waals surface area contributed by atoms with E-state index in [2.05, 4.69) is 4.90 Å². The Morgan fingerprint density at radius 2 is 1.85 bits per heavy atom. The number of carbonyl (C=O) groups excluding carboxylic acids is 2. The summed E-state index contributed by atoms with van der Waals surface area (Å²) < 4.78 is 42.0. The first-order valence-corrected chi connectivity index (χ1v) is 11.5. The minimum atomic E-state index is -4.61. The zero-order chi connectivity index (χ0) is 24.0. The monoisotopic (exact) mass is 464 g/mol. The van der Waals surface area contributed by atoms with Crippen molar-refractivity contribution < 1.29 is 22.8 Å². The predicted molar refractivity (Wildman–Crippen MR) is 121 cm³/mol. The maximum absolute atomic E-state index is 14.0. The van der Waals surface area contributed by atoms with E-state index in [1.54, 1.807) is 18.2 Å². The summed E-state index contributed by atoms with van der Waals surface area (Å²) in [5.41, 5.74) is 0.719. The Morgan fingerprint density at radius 3 is 2.50 bits per heavy atom. The second-order valence-electron chi connectivity index (χ2n) is 9.40. The van der Waals surface area contributed by atoms with E-state index in [1.807, 2.05) is 6.07 Å². The Balaban J connectivity index is 1.41. The van der Waals surface area contributed by atoms with Crippen LogP contribution in [0, 0.1) is 17.2 Å². The van der Waals surface area contributed by atoms with E-state index in [1.165, 1.54) is 18.2 Å². The molecule has 4 nitrogen and oxygen atoms in total. The molecule has 2 heterocycles. The SMILES string of the molecule is N#Cc1ccc2c(c1)C(=O)C(C(=O)Cc1ccc(N3CC4CCC3CC4)cc1C(F)(F)F)=CC2. The fourth-order valence-electron chi connectivity index (χ4n) is 5.54. The third kappa shape index (κ3) is 4.02. The van der Waals surface area contributed by atoms with Crippen molar-refractivity contribution in [3.8, 4) is 6.07 Å². The van der Waals surface area contributed by atoms with E-state index in [4.69, 9.17) is 5.26 Å². The van der Waals surface area contributed by atoms with Gasteiger partial charge in [0.2, 0.25) is 0 Å². The number of nitrogens with zero attached hydrogens (tertiary/aromatic N) is 2. The van der Waals surface area contributed by atoms with Gasteiger partial charge in [-0.25, -0.2) is 0 Å². The van der Waals surface area contributed by atoms with E-state index in [9.17, 15) is 22.8 Å². The van der Waals surface area contributed by atoms with Crippen LogP contribution >= 0.6 is 0 Å². The molecule has 0 aromatic heterocycles. The Bertz CT molecular complexity index is 1250. The van der Waals surface area contributed by atoms with Crippen molar-refractivity contribution in [3.05, 3.63) is 75.9 Å². The highest BCUT2D eigenvalue weighted by Gasteiger charge is 2.38. The molecule has 7 heteroatoms. The molecule has 0 atom stereocenters. The lowest BCUT2D eigenvalue weighted by Crippen LogP contribution is -2.48. The number of Topliss-reactive ketones (excluding diaryl/α,β-unsaturated/α-hetero) is 2. The Morgan fingerprint density at radius 1 is 1.09 bits per heavy atom. The fourth-order valence-corrected chi connectivity index (χ4v) is 5.54. The molecule has 2 aromatic carbocycles. The lowest BCUT2D eigenvalue weighted by atomic mass is 9.79. The Labute approximate surface area is 195 Å². The van der Waals surface area contributed by atoms with Crippen LogP contribution in [0.5, 0.6) is 0 Å². The first kappa shape index (κ1) is 22.4. The van der Waals surface area contributed by atoms with Gasteiger partial charge in [-0.1, -0.05) is 18.2 Å². The van der Waals surface area contributed by atoms with Crippen LogP contribution in [0.3, 0.4) is 0 Å². The third-order valence-electron chi connectivity index (χ3n) is 7.35. The smallest absolute Gasteiger partial charge is 0.368 e. The average Bonchev–Trinajstić information content (AvgIpc) is 2.84. The van der Waals surface area contributed by atoms with Crippen molar-refractivity contribution >= 4 is 17.3 Å². The van der Waals surface area contributed by atoms with Gasteiger partial charge >= 0.3 is 6.18 Å². The van der Waals surface area contributed by atoms with Crippen LogP contribution in [-0.4, -0.2) is 24.2 Å². The van der Waals surface area contributed by atoms with E-state index in [0.29, 0.717) is 29.2 Å². The summed E-state index contributed by atoms with van der Waals surface area (Å²) in [5.74, 6) is -0.666. The van der Waals surface area contributed by atoms with Crippen LogP contribution in [0.1, 0.15) is 58.3 Å². The summed E-state index contributed by atoms with van der Waals surface area (Å²) in [6.07, 6.45) is 0.923. The number of nitriles is 1. The summed E-state index contributed by atoms with van der Waals surface area (Å²) >= 11 is 0. The summed E-state index contributed by atoms with van der Waals surface area (Å²) in [5, 5.41) is 9.10. The maximum Gasteiger partial charge on any atom is 0.416 e. The molecule has 0 radical (unpaired) electrons. The van der Waals surface area contributed by atoms with Crippen LogP contribution in [0.4, 0.5) is 18.9 Å². The number of rotatable bonds is 4. The van der Waals surface area contributed by atoms with E-state index >= 15 is 0 Å². The van der Waals surface area contributed by atoms with Crippen LogP contribution in [-0.2, 0) is 23.8 Å². The summed E-state index contributed by atoms with van der Waals surface area (Å²) in [7, 11) is 0. The molecule has 2 aliphatic heterocycles. The standard InChI is InChI=1S/C27H23F3N2O2/c28-27(29,30)24-13-21(32-15-16-2-7-20(32)8-3-16)9-5-19(24)12-25(33)22-10-6-18-4-1-17(14-31)11-23(18)26(22)34/h1,4-5,9-11,13,16,20H,2-3,6-8,12,15H2. The molecule has 34 heavy (non-hydrogen) atoms. The molecule has 2 aliphatic carbocycles.